The lowest BCUT2D eigenvalue weighted by molar-refractivity contribution is -0.276. The van der Waals surface area contributed by atoms with E-state index < -0.39 is 35.6 Å². The van der Waals surface area contributed by atoms with Crippen molar-refractivity contribution >= 4 is 6.29 Å². The number of alkyl halides is 5. The fourth-order valence-corrected chi connectivity index (χ4v) is 0.949. The average Bonchev–Trinajstić information content (AvgIpc) is 2.15. The molecular formula is C8H3F6NO2. The Balaban J connectivity index is 3.26. The predicted octanol–water partition coefficient (Wildman–Crippen LogP) is 2.87. The minimum atomic E-state index is -5.20. The van der Waals surface area contributed by atoms with Crippen LogP contribution in [0.25, 0.3) is 0 Å². The lowest BCUT2D eigenvalue weighted by Gasteiger charge is -2.11. The van der Waals surface area contributed by atoms with Gasteiger partial charge in [-0.2, -0.15) is 0 Å². The van der Waals surface area contributed by atoms with Crippen molar-refractivity contribution < 1.29 is 35.9 Å². The van der Waals surface area contributed by atoms with Crippen molar-refractivity contribution in [1.82, 2.24) is 4.98 Å². The SMILES string of the molecule is O=Cc1c(OC(F)(F)F)ncc(C(F)F)c1F. The fourth-order valence-electron chi connectivity index (χ4n) is 0.949. The third-order valence-corrected chi connectivity index (χ3v) is 1.61. The Kier molecular flexibility index (Phi) is 3.59. The topological polar surface area (TPSA) is 39.2 Å². The van der Waals surface area contributed by atoms with Crippen molar-refractivity contribution in [1.29, 1.82) is 0 Å². The monoisotopic (exact) mass is 259 g/mol. The summed E-state index contributed by atoms with van der Waals surface area (Å²) in [6, 6.07) is 0. The van der Waals surface area contributed by atoms with Crippen molar-refractivity contribution in [3.63, 3.8) is 0 Å². The molecule has 1 aromatic heterocycles. The van der Waals surface area contributed by atoms with Crippen LogP contribution in [0.3, 0.4) is 0 Å². The van der Waals surface area contributed by atoms with Gasteiger partial charge in [-0.3, -0.25) is 4.79 Å². The lowest BCUT2D eigenvalue weighted by atomic mass is 10.2. The van der Waals surface area contributed by atoms with Crippen molar-refractivity contribution in [2.75, 3.05) is 0 Å². The number of halogens is 6. The molecule has 0 aliphatic heterocycles. The normalized spacial score (nSPS) is 11.7. The molecule has 0 aliphatic rings. The van der Waals surface area contributed by atoms with Gasteiger partial charge in [-0.25, -0.2) is 18.2 Å². The van der Waals surface area contributed by atoms with Gasteiger partial charge in [0.2, 0.25) is 5.88 Å². The van der Waals surface area contributed by atoms with E-state index in [4.69, 9.17) is 0 Å². The van der Waals surface area contributed by atoms with E-state index in [9.17, 15) is 31.1 Å². The van der Waals surface area contributed by atoms with E-state index >= 15 is 0 Å². The van der Waals surface area contributed by atoms with Gasteiger partial charge >= 0.3 is 6.36 Å². The second kappa shape index (κ2) is 4.60. The summed E-state index contributed by atoms with van der Waals surface area (Å²) in [5, 5.41) is 0. The number of pyridine rings is 1. The van der Waals surface area contributed by atoms with Gasteiger partial charge in [0.05, 0.1) is 5.56 Å². The number of hydrogen-bond donors (Lipinski definition) is 0. The van der Waals surface area contributed by atoms with E-state index in [1.807, 2.05) is 0 Å². The maximum absolute atomic E-state index is 13.2. The Morgan fingerprint density at radius 1 is 1.35 bits per heavy atom. The highest BCUT2D eigenvalue weighted by Gasteiger charge is 2.34. The zero-order valence-electron chi connectivity index (χ0n) is 7.76. The van der Waals surface area contributed by atoms with Crippen molar-refractivity contribution in [3.8, 4) is 5.88 Å². The van der Waals surface area contributed by atoms with E-state index in [0.717, 1.165) is 0 Å². The highest BCUT2D eigenvalue weighted by atomic mass is 19.4. The van der Waals surface area contributed by atoms with Gasteiger partial charge in [0.1, 0.15) is 11.4 Å². The third-order valence-electron chi connectivity index (χ3n) is 1.61. The Labute approximate surface area is 90.0 Å². The second-order valence-electron chi connectivity index (χ2n) is 2.71. The van der Waals surface area contributed by atoms with E-state index in [1.165, 1.54) is 0 Å². The van der Waals surface area contributed by atoms with Crippen molar-refractivity contribution in [3.05, 3.63) is 23.1 Å². The summed E-state index contributed by atoms with van der Waals surface area (Å²) >= 11 is 0. The van der Waals surface area contributed by atoms with Crippen LogP contribution in [0.15, 0.2) is 6.20 Å². The van der Waals surface area contributed by atoms with Crippen LogP contribution in [0.4, 0.5) is 26.3 Å². The lowest BCUT2D eigenvalue weighted by Crippen LogP contribution is -2.19. The highest BCUT2D eigenvalue weighted by Crippen LogP contribution is 2.29. The van der Waals surface area contributed by atoms with Gasteiger partial charge in [0.15, 0.2) is 6.29 Å². The number of hydrogen-bond acceptors (Lipinski definition) is 3. The van der Waals surface area contributed by atoms with Gasteiger partial charge in [-0.05, 0) is 0 Å². The summed E-state index contributed by atoms with van der Waals surface area (Å²) in [5.74, 6) is -3.20. The van der Waals surface area contributed by atoms with Crippen LogP contribution in [-0.4, -0.2) is 17.6 Å². The Bertz CT molecular complexity index is 431. The summed E-state index contributed by atoms with van der Waals surface area (Å²) in [6.45, 7) is 0. The van der Waals surface area contributed by atoms with Gasteiger partial charge < -0.3 is 4.74 Å². The van der Waals surface area contributed by atoms with Crippen LogP contribution >= 0.6 is 0 Å². The van der Waals surface area contributed by atoms with Crippen LogP contribution in [0.2, 0.25) is 0 Å². The summed E-state index contributed by atoms with van der Waals surface area (Å²) in [6.07, 6.45) is -8.71. The first-order valence-corrected chi connectivity index (χ1v) is 3.93. The van der Waals surface area contributed by atoms with Crippen LogP contribution < -0.4 is 4.74 Å². The van der Waals surface area contributed by atoms with Gasteiger partial charge in [-0.15, -0.1) is 13.2 Å². The van der Waals surface area contributed by atoms with E-state index in [-0.39, 0.29) is 12.5 Å². The molecule has 0 aromatic carbocycles. The number of ether oxygens (including phenoxy) is 1. The molecule has 0 fully saturated rings. The molecule has 0 unspecified atom stereocenters. The third kappa shape index (κ3) is 3.08. The first-order chi connectivity index (χ1) is 7.76. The molecule has 0 saturated heterocycles. The molecule has 0 N–H and O–H groups in total. The van der Waals surface area contributed by atoms with Gasteiger partial charge in [0, 0.05) is 6.20 Å². The van der Waals surface area contributed by atoms with E-state index in [1.54, 1.807) is 0 Å². The molecule has 1 heterocycles. The van der Waals surface area contributed by atoms with E-state index in [2.05, 4.69) is 9.72 Å². The quantitative estimate of drug-likeness (QED) is 0.618. The molecule has 3 nitrogen and oxygen atoms in total. The molecule has 1 rings (SSSR count). The summed E-state index contributed by atoms with van der Waals surface area (Å²) in [7, 11) is 0. The number of carbonyl (C=O) groups is 1. The molecule has 1 aromatic rings. The molecule has 0 bridgehead atoms. The molecule has 0 spiro atoms. The number of carbonyl (C=O) groups excluding carboxylic acids is 1. The molecule has 17 heavy (non-hydrogen) atoms. The second-order valence-corrected chi connectivity index (χ2v) is 2.71. The number of rotatable bonds is 3. The zero-order chi connectivity index (χ0) is 13.2. The van der Waals surface area contributed by atoms with Gasteiger partial charge in [-0.1, -0.05) is 0 Å². The molecule has 0 atom stereocenters. The first kappa shape index (κ1) is 13.3. The minimum absolute atomic E-state index is 0.175. The van der Waals surface area contributed by atoms with Crippen LogP contribution in [0.1, 0.15) is 22.3 Å². The number of aromatic nitrogens is 1. The molecule has 94 valence electrons. The maximum atomic E-state index is 13.2. The molecule has 9 heteroatoms. The largest absolute Gasteiger partial charge is 0.574 e. The van der Waals surface area contributed by atoms with Crippen molar-refractivity contribution in [2.45, 2.75) is 12.8 Å². The fraction of sp³-hybridized carbons (Fsp3) is 0.250. The Morgan fingerprint density at radius 3 is 2.35 bits per heavy atom. The summed E-state index contributed by atoms with van der Waals surface area (Å²) < 4.78 is 76.1. The Hall–Kier alpha value is -1.80. The molecule has 0 aliphatic carbocycles. The van der Waals surface area contributed by atoms with Crippen LogP contribution in [0, 0.1) is 5.82 Å². The van der Waals surface area contributed by atoms with Crippen LogP contribution in [0.5, 0.6) is 5.88 Å². The maximum Gasteiger partial charge on any atom is 0.574 e. The average molecular weight is 259 g/mol. The van der Waals surface area contributed by atoms with Gasteiger partial charge in [0.25, 0.3) is 6.43 Å². The standard InChI is InChI=1S/C8H3F6NO2/c9-5-3(6(10)11)1-15-7(4(5)2-16)17-8(12,13)14/h1-2,6H. The molecule has 0 saturated carbocycles. The minimum Gasteiger partial charge on any atom is -0.387 e. The number of aldehydes is 1. The summed E-state index contributed by atoms with van der Waals surface area (Å²) in [5.41, 5.74) is -2.58. The summed E-state index contributed by atoms with van der Waals surface area (Å²) in [4.78, 5) is 13.2. The highest BCUT2D eigenvalue weighted by molar-refractivity contribution is 5.79. The van der Waals surface area contributed by atoms with E-state index in [0.29, 0.717) is 0 Å². The molecular weight excluding hydrogens is 256 g/mol. The predicted molar refractivity (Wildman–Crippen MR) is 41.2 cm³/mol. The first-order valence-electron chi connectivity index (χ1n) is 3.93. The Morgan fingerprint density at radius 2 is 1.94 bits per heavy atom. The molecule has 0 radical (unpaired) electrons. The zero-order valence-corrected chi connectivity index (χ0v) is 7.76. The van der Waals surface area contributed by atoms with Crippen molar-refractivity contribution in [2.24, 2.45) is 0 Å². The molecule has 0 amide bonds. The number of nitrogens with zero attached hydrogens (tertiary/aromatic N) is 1. The smallest absolute Gasteiger partial charge is 0.387 e. The van der Waals surface area contributed by atoms with Crippen LogP contribution in [-0.2, 0) is 0 Å².